The van der Waals surface area contributed by atoms with Crippen molar-refractivity contribution in [3.8, 4) is 0 Å². The second kappa shape index (κ2) is 40.1. The molecule has 0 saturated heterocycles. The van der Waals surface area contributed by atoms with Gasteiger partial charge in [-0.3, -0.25) is 18.6 Å². The van der Waals surface area contributed by atoms with Crippen LogP contribution >= 0.6 is 7.82 Å². The third-order valence-corrected chi connectivity index (χ3v) is 9.95. The normalized spacial score (nSPS) is 14.3. The second-order valence-electron chi connectivity index (χ2n) is 14.3. The first-order valence-electron chi connectivity index (χ1n) is 21.6. The Labute approximate surface area is 334 Å². The average molecular weight is 799 g/mol. The summed E-state index contributed by atoms with van der Waals surface area (Å²) >= 11 is 0. The van der Waals surface area contributed by atoms with E-state index in [-0.39, 0.29) is 19.4 Å². The van der Waals surface area contributed by atoms with Crippen LogP contribution in [0.5, 0.6) is 0 Å². The smallest absolute Gasteiger partial charge is 0.462 e. The lowest BCUT2D eigenvalue weighted by molar-refractivity contribution is -0.161. The molecule has 0 aromatic carbocycles. The Hall–Kier alpha value is -2.07. The molecule has 3 atom stereocenters. The average Bonchev–Trinajstić information content (AvgIpc) is 3.17. The lowest BCUT2D eigenvalue weighted by Gasteiger charge is -2.20. The van der Waals surface area contributed by atoms with E-state index in [1.165, 1.54) is 70.6 Å². The maximum atomic E-state index is 12.6. The first-order valence-corrected chi connectivity index (χ1v) is 23.1. The monoisotopic (exact) mass is 799 g/mol. The molecule has 0 aliphatic carbocycles. The van der Waals surface area contributed by atoms with Gasteiger partial charge in [-0.1, -0.05) is 165 Å². The molecule has 320 valence electrons. The van der Waals surface area contributed by atoms with Crippen molar-refractivity contribution in [2.45, 2.75) is 193 Å². The summed E-state index contributed by atoms with van der Waals surface area (Å²) in [6.07, 6.45) is 42.2. The van der Waals surface area contributed by atoms with Crippen LogP contribution in [0.25, 0.3) is 0 Å². The van der Waals surface area contributed by atoms with Crippen LogP contribution in [0.1, 0.15) is 181 Å². The minimum Gasteiger partial charge on any atom is -0.462 e. The molecular formula is C44H79O10P. The lowest BCUT2D eigenvalue weighted by atomic mass is 10.1. The van der Waals surface area contributed by atoms with Crippen LogP contribution in [0.15, 0.2) is 48.6 Å². The SMILES string of the molecule is CC/C=C\C/C=C\C/C=C\C/C=C\CCCCCCCCCCC(=O)OC(COC(=O)CCCCCCCCCCCCC)COP(=O)(O)OCC(O)CO. The number of allylic oxidation sites excluding steroid dienone is 8. The van der Waals surface area contributed by atoms with Gasteiger partial charge in [0.2, 0.25) is 0 Å². The van der Waals surface area contributed by atoms with Crippen molar-refractivity contribution >= 4 is 19.8 Å². The zero-order chi connectivity index (χ0) is 40.5. The lowest BCUT2D eigenvalue weighted by Crippen LogP contribution is -2.29. The predicted octanol–water partition coefficient (Wildman–Crippen LogP) is 11.3. The van der Waals surface area contributed by atoms with Crippen LogP contribution in [0, 0.1) is 0 Å². The van der Waals surface area contributed by atoms with E-state index < -0.39 is 51.8 Å². The highest BCUT2D eigenvalue weighted by atomic mass is 31.2. The number of aliphatic hydroxyl groups is 2. The summed E-state index contributed by atoms with van der Waals surface area (Å²) < 4.78 is 32.7. The molecule has 0 radical (unpaired) electrons. The fraction of sp³-hybridized carbons (Fsp3) is 0.773. The van der Waals surface area contributed by atoms with E-state index in [0.717, 1.165) is 70.6 Å². The number of phosphoric acid groups is 1. The molecule has 0 aromatic heterocycles. The molecule has 0 aliphatic rings. The third kappa shape index (κ3) is 39.9. The van der Waals surface area contributed by atoms with Crippen molar-refractivity contribution < 1.29 is 47.8 Å². The van der Waals surface area contributed by atoms with Gasteiger partial charge in [-0.05, 0) is 51.4 Å². The number of rotatable bonds is 40. The Morgan fingerprint density at radius 1 is 0.564 bits per heavy atom. The molecule has 0 aromatic rings. The van der Waals surface area contributed by atoms with Crippen molar-refractivity contribution in [2.75, 3.05) is 26.4 Å². The summed E-state index contributed by atoms with van der Waals surface area (Å²) in [5.74, 6) is -0.934. The standard InChI is InChI=1S/C44H79O10P/c1-3-5-7-9-11-13-15-16-17-18-19-20-21-22-23-24-26-28-30-32-34-36-44(48)54-42(40-53-55(49,50)52-38-41(46)37-45)39-51-43(47)35-33-31-29-27-25-14-12-10-8-6-4-2/h5,7,11,13,16-17,19-20,41-42,45-46H,3-4,6,8-10,12,14-15,18,21-40H2,1-2H3,(H,49,50)/b7-5-,13-11-,17-16-,20-19-. The van der Waals surface area contributed by atoms with Gasteiger partial charge in [0.1, 0.15) is 12.7 Å². The van der Waals surface area contributed by atoms with E-state index in [1.807, 2.05) is 0 Å². The topological polar surface area (TPSA) is 149 Å². The quantitative estimate of drug-likeness (QED) is 0.0237. The molecule has 0 fully saturated rings. The van der Waals surface area contributed by atoms with E-state index in [9.17, 15) is 24.2 Å². The number of unbranched alkanes of at least 4 members (excludes halogenated alkanes) is 18. The highest BCUT2D eigenvalue weighted by molar-refractivity contribution is 7.47. The van der Waals surface area contributed by atoms with E-state index in [4.69, 9.17) is 19.1 Å². The van der Waals surface area contributed by atoms with Gasteiger partial charge in [-0.15, -0.1) is 0 Å². The Kier molecular flexibility index (Phi) is 38.6. The fourth-order valence-corrected chi connectivity index (χ4v) is 6.48. The van der Waals surface area contributed by atoms with Gasteiger partial charge < -0.3 is 24.6 Å². The van der Waals surface area contributed by atoms with Crippen molar-refractivity contribution in [3.05, 3.63) is 48.6 Å². The summed E-state index contributed by atoms with van der Waals surface area (Å²) in [6.45, 7) is 2.25. The molecule has 0 heterocycles. The molecular weight excluding hydrogens is 719 g/mol. The van der Waals surface area contributed by atoms with E-state index >= 15 is 0 Å². The summed E-state index contributed by atoms with van der Waals surface area (Å²) in [5.41, 5.74) is 0. The molecule has 55 heavy (non-hydrogen) atoms. The summed E-state index contributed by atoms with van der Waals surface area (Å²) in [5, 5.41) is 18.3. The van der Waals surface area contributed by atoms with Gasteiger partial charge in [0.15, 0.2) is 6.10 Å². The van der Waals surface area contributed by atoms with E-state index in [0.29, 0.717) is 12.8 Å². The van der Waals surface area contributed by atoms with Crippen molar-refractivity contribution in [2.24, 2.45) is 0 Å². The van der Waals surface area contributed by atoms with Gasteiger partial charge in [0.25, 0.3) is 0 Å². The van der Waals surface area contributed by atoms with E-state index in [2.05, 4.69) is 67.0 Å². The number of aliphatic hydroxyl groups excluding tert-OH is 2. The molecule has 3 N–H and O–H groups in total. The molecule has 0 amide bonds. The number of esters is 2. The number of hydrogen-bond donors (Lipinski definition) is 3. The first kappa shape index (κ1) is 52.9. The summed E-state index contributed by atoms with van der Waals surface area (Å²) in [6, 6.07) is 0. The van der Waals surface area contributed by atoms with Gasteiger partial charge in [-0.2, -0.15) is 0 Å². The zero-order valence-corrected chi connectivity index (χ0v) is 35.5. The highest BCUT2D eigenvalue weighted by Gasteiger charge is 2.27. The van der Waals surface area contributed by atoms with Crippen LogP contribution < -0.4 is 0 Å². The van der Waals surface area contributed by atoms with Crippen LogP contribution in [0.4, 0.5) is 0 Å². The molecule has 0 bridgehead atoms. The Morgan fingerprint density at radius 2 is 1.00 bits per heavy atom. The molecule has 0 rings (SSSR count). The minimum absolute atomic E-state index is 0.175. The number of phosphoric ester groups is 1. The fourth-order valence-electron chi connectivity index (χ4n) is 5.69. The van der Waals surface area contributed by atoms with Crippen LogP contribution in [-0.4, -0.2) is 65.7 Å². The maximum absolute atomic E-state index is 12.6. The first-order chi connectivity index (χ1) is 26.7. The second-order valence-corrected chi connectivity index (χ2v) is 15.8. The van der Waals surface area contributed by atoms with Crippen LogP contribution in [-0.2, 0) is 32.7 Å². The molecule has 0 aliphatic heterocycles. The van der Waals surface area contributed by atoms with Gasteiger partial charge in [-0.25, -0.2) is 4.57 Å². The number of carbonyl (C=O) groups excluding carboxylic acids is 2. The van der Waals surface area contributed by atoms with Crippen molar-refractivity contribution in [1.29, 1.82) is 0 Å². The zero-order valence-electron chi connectivity index (χ0n) is 34.6. The molecule has 0 spiro atoms. The molecule has 11 heteroatoms. The van der Waals surface area contributed by atoms with Crippen molar-refractivity contribution in [3.63, 3.8) is 0 Å². The highest BCUT2D eigenvalue weighted by Crippen LogP contribution is 2.43. The number of hydrogen-bond acceptors (Lipinski definition) is 9. The summed E-state index contributed by atoms with van der Waals surface area (Å²) in [4.78, 5) is 34.9. The maximum Gasteiger partial charge on any atom is 0.472 e. The predicted molar refractivity (Wildman–Crippen MR) is 224 cm³/mol. The number of ether oxygens (including phenoxy) is 2. The molecule has 10 nitrogen and oxygen atoms in total. The van der Waals surface area contributed by atoms with Crippen molar-refractivity contribution in [1.82, 2.24) is 0 Å². The number of carbonyl (C=O) groups is 2. The van der Waals surface area contributed by atoms with Gasteiger partial charge >= 0.3 is 19.8 Å². The van der Waals surface area contributed by atoms with Gasteiger partial charge in [0, 0.05) is 12.8 Å². The van der Waals surface area contributed by atoms with Crippen LogP contribution in [0.2, 0.25) is 0 Å². The Balaban J connectivity index is 4.26. The Morgan fingerprint density at radius 3 is 1.51 bits per heavy atom. The van der Waals surface area contributed by atoms with Crippen LogP contribution in [0.3, 0.4) is 0 Å². The largest absolute Gasteiger partial charge is 0.472 e. The van der Waals surface area contributed by atoms with Gasteiger partial charge in [0.05, 0.1) is 19.8 Å². The molecule has 0 saturated carbocycles. The van der Waals surface area contributed by atoms with E-state index in [1.54, 1.807) is 0 Å². The summed E-state index contributed by atoms with van der Waals surface area (Å²) in [7, 11) is -4.62. The Bertz CT molecular complexity index is 1060. The third-order valence-electron chi connectivity index (χ3n) is 9.00. The minimum atomic E-state index is -4.62. The molecule has 3 unspecified atom stereocenters.